The highest BCUT2D eigenvalue weighted by Crippen LogP contribution is 2.41. The SMILES string of the molecule is CC(=O)N1c2ccc(-c3ccc(N4CCOCC4)nc3)cc2[C@@H](OC(N)=O)C[C@H]1C.Cl. The molecule has 3 heterocycles. The Morgan fingerprint density at radius 3 is 2.48 bits per heavy atom. The molecule has 9 heteroatoms. The Morgan fingerprint density at radius 1 is 1.16 bits per heavy atom. The van der Waals surface area contributed by atoms with E-state index in [1.807, 2.05) is 43.5 Å². The topological polar surface area (TPSA) is 98.0 Å². The lowest BCUT2D eigenvalue weighted by Gasteiger charge is -2.38. The summed E-state index contributed by atoms with van der Waals surface area (Å²) in [7, 11) is 0. The van der Waals surface area contributed by atoms with Gasteiger partial charge in [-0.2, -0.15) is 0 Å². The Kier molecular flexibility index (Phi) is 7.02. The summed E-state index contributed by atoms with van der Waals surface area (Å²) in [6, 6.07) is 9.74. The third kappa shape index (κ3) is 4.75. The molecule has 31 heavy (non-hydrogen) atoms. The summed E-state index contributed by atoms with van der Waals surface area (Å²) in [4.78, 5) is 32.2. The molecule has 4 rings (SSSR count). The molecule has 166 valence electrons. The van der Waals surface area contributed by atoms with Crippen molar-refractivity contribution in [3.8, 4) is 11.1 Å². The number of ether oxygens (including phenoxy) is 2. The van der Waals surface area contributed by atoms with Crippen LogP contribution in [0.4, 0.5) is 16.3 Å². The minimum Gasteiger partial charge on any atom is -0.441 e. The molecule has 2 amide bonds. The van der Waals surface area contributed by atoms with Crippen LogP contribution in [0.3, 0.4) is 0 Å². The monoisotopic (exact) mass is 446 g/mol. The number of hydrogen-bond donors (Lipinski definition) is 1. The summed E-state index contributed by atoms with van der Waals surface area (Å²) in [6.07, 6.45) is 1.01. The maximum absolute atomic E-state index is 12.2. The minimum atomic E-state index is -0.823. The number of anilines is 2. The lowest BCUT2D eigenvalue weighted by atomic mass is 9.91. The highest BCUT2D eigenvalue weighted by atomic mass is 35.5. The van der Waals surface area contributed by atoms with Gasteiger partial charge in [0.25, 0.3) is 0 Å². The van der Waals surface area contributed by atoms with Gasteiger partial charge in [-0.05, 0) is 36.8 Å². The van der Waals surface area contributed by atoms with Crippen LogP contribution >= 0.6 is 12.4 Å². The number of benzene rings is 1. The normalized spacial score (nSPS) is 20.5. The fourth-order valence-corrected chi connectivity index (χ4v) is 4.26. The summed E-state index contributed by atoms with van der Waals surface area (Å²) in [5.41, 5.74) is 8.69. The molecule has 2 atom stereocenters. The number of carbonyl (C=O) groups excluding carboxylic acids is 2. The van der Waals surface area contributed by atoms with E-state index < -0.39 is 12.2 Å². The summed E-state index contributed by atoms with van der Waals surface area (Å²) < 4.78 is 10.8. The molecular formula is C22H27ClN4O4. The molecule has 1 saturated heterocycles. The van der Waals surface area contributed by atoms with Crippen molar-refractivity contribution in [2.24, 2.45) is 5.73 Å². The number of carbonyl (C=O) groups is 2. The predicted octanol–water partition coefficient (Wildman–Crippen LogP) is 3.29. The number of hydrogen-bond acceptors (Lipinski definition) is 6. The smallest absolute Gasteiger partial charge is 0.405 e. The zero-order valence-electron chi connectivity index (χ0n) is 17.6. The number of primary amides is 1. The molecule has 0 spiro atoms. The van der Waals surface area contributed by atoms with Crippen molar-refractivity contribution in [2.75, 3.05) is 36.1 Å². The summed E-state index contributed by atoms with van der Waals surface area (Å²) in [5, 5.41) is 0. The lowest BCUT2D eigenvalue weighted by molar-refractivity contribution is -0.117. The van der Waals surface area contributed by atoms with Crippen molar-refractivity contribution in [1.29, 1.82) is 0 Å². The Morgan fingerprint density at radius 2 is 1.87 bits per heavy atom. The Bertz CT molecular complexity index is 947. The van der Waals surface area contributed by atoms with E-state index in [1.54, 1.807) is 4.90 Å². The zero-order chi connectivity index (χ0) is 21.3. The van der Waals surface area contributed by atoms with Crippen LogP contribution in [-0.2, 0) is 14.3 Å². The van der Waals surface area contributed by atoms with E-state index >= 15 is 0 Å². The number of nitrogens with zero attached hydrogens (tertiary/aromatic N) is 3. The maximum Gasteiger partial charge on any atom is 0.405 e. The third-order valence-electron chi connectivity index (χ3n) is 5.64. The molecule has 8 nitrogen and oxygen atoms in total. The van der Waals surface area contributed by atoms with Crippen molar-refractivity contribution < 1.29 is 19.1 Å². The molecule has 2 aromatic rings. The molecular weight excluding hydrogens is 420 g/mol. The standard InChI is InChI=1S/C22H26N4O4.ClH/c1-14-11-20(30-22(23)28)18-12-16(3-5-19(18)26(14)15(2)27)17-4-6-21(24-13-17)25-7-9-29-10-8-25;/h3-6,12-14,20H,7-11H2,1-2H3,(H2,23,28);1H/t14-,20+;/m1./s1. The van der Waals surface area contributed by atoms with Crippen molar-refractivity contribution in [2.45, 2.75) is 32.4 Å². The van der Waals surface area contributed by atoms with E-state index in [4.69, 9.17) is 15.2 Å². The van der Waals surface area contributed by atoms with Gasteiger partial charge >= 0.3 is 6.09 Å². The highest BCUT2D eigenvalue weighted by molar-refractivity contribution is 5.94. The first kappa shape index (κ1) is 22.8. The molecule has 0 radical (unpaired) electrons. The molecule has 0 bridgehead atoms. The molecule has 1 fully saturated rings. The van der Waals surface area contributed by atoms with Crippen LogP contribution in [-0.4, -0.2) is 49.3 Å². The number of morpholine rings is 1. The van der Waals surface area contributed by atoms with E-state index in [1.165, 1.54) is 6.92 Å². The number of nitrogens with two attached hydrogens (primary N) is 1. The molecule has 2 aliphatic heterocycles. The largest absolute Gasteiger partial charge is 0.441 e. The van der Waals surface area contributed by atoms with E-state index in [9.17, 15) is 9.59 Å². The van der Waals surface area contributed by atoms with Gasteiger partial charge in [0.1, 0.15) is 11.9 Å². The Hall–Kier alpha value is -2.84. The number of aromatic nitrogens is 1. The van der Waals surface area contributed by atoms with Crippen molar-refractivity contribution in [1.82, 2.24) is 4.98 Å². The van der Waals surface area contributed by atoms with Gasteiger partial charge in [0, 0.05) is 49.8 Å². The maximum atomic E-state index is 12.2. The predicted molar refractivity (Wildman–Crippen MR) is 121 cm³/mol. The van der Waals surface area contributed by atoms with Crippen molar-refractivity contribution >= 4 is 35.9 Å². The van der Waals surface area contributed by atoms with Crippen LogP contribution in [0.2, 0.25) is 0 Å². The minimum absolute atomic E-state index is 0. The van der Waals surface area contributed by atoms with Gasteiger partial charge in [0.15, 0.2) is 0 Å². The molecule has 0 aliphatic carbocycles. The fourth-order valence-electron chi connectivity index (χ4n) is 4.26. The van der Waals surface area contributed by atoms with Gasteiger partial charge in [-0.3, -0.25) is 4.79 Å². The second kappa shape index (κ2) is 9.53. The molecule has 1 aromatic carbocycles. The van der Waals surface area contributed by atoms with Crippen LogP contribution in [0.25, 0.3) is 11.1 Å². The van der Waals surface area contributed by atoms with Gasteiger partial charge in [-0.25, -0.2) is 9.78 Å². The second-order valence-electron chi connectivity index (χ2n) is 7.68. The Balaban J connectivity index is 0.00000272. The molecule has 0 unspecified atom stereocenters. The van der Waals surface area contributed by atoms with Gasteiger partial charge in [-0.1, -0.05) is 6.07 Å². The second-order valence-corrected chi connectivity index (χ2v) is 7.68. The van der Waals surface area contributed by atoms with Gasteiger partial charge in [-0.15, -0.1) is 12.4 Å². The molecule has 2 aliphatic rings. The summed E-state index contributed by atoms with van der Waals surface area (Å²) in [5.74, 6) is 0.872. The molecule has 1 aromatic heterocycles. The van der Waals surface area contributed by atoms with E-state index in [-0.39, 0.29) is 24.4 Å². The Labute approximate surface area is 187 Å². The third-order valence-corrected chi connectivity index (χ3v) is 5.64. The van der Waals surface area contributed by atoms with Crippen molar-refractivity contribution in [3.05, 3.63) is 42.1 Å². The van der Waals surface area contributed by atoms with Gasteiger partial charge in [0.2, 0.25) is 5.91 Å². The first-order valence-electron chi connectivity index (χ1n) is 10.1. The first-order chi connectivity index (χ1) is 14.4. The van der Waals surface area contributed by atoms with E-state index in [2.05, 4.69) is 9.88 Å². The number of halogens is 1. The molecule has 2 N–H and O–H groups in total. The average molecular weight is 447 g/mol. The zero-order valence-corrected chi connectivity index (χ0v) is 18.4. The van der Waals surface area contributed by atoms with Crippen LogP contribution in [0.5, 0.6) is 0 Å². The number of fused-ring (bicyclic) bond motifs is 1. The summed E-state index contributed by atoms with van der Waals surface area (Å²) in [6.45, 7) is 6.55. The fraction of sp³-hybridized carbons (Fsp3) is 0.409. The van der Waals surface area contributed by atoms with Gasteiger partial charge < -0.3 is 25.0 Å². The number of amides is 2. The average Bonchev–Trinajstić information content (AvgIpc) is 2.73. The van der Waals surface area contributed by atoms with E-state index in [0.29, 0.717) is 19.6 Å². The first-order valence-corrected chi connectivity index (χ1v) is 10.1. The van der Waals surface area contributed by atoms with Crippen LogP contribution in [0.15, 0.2) is 36.5 Å². The quantitative estimate of drug-likeness (QED) is 0.776. The molecule has 0 saturated carbocycles. The van der Waals surface area contributed by atoms with Crippen molar-refractivity contribution in [3.63, 3.8) is 0 Å². The van der Waals surface area contributed by atoms with Crippen LogP contribution < -0.4 is 15.5 Å². The van der Waals surface area contributed by atoms with E-state index in [0.717, 1.165) is 41.3 Å². The number of pyridine rings is 1. The summed E-state index contributed by atoms with van der Waals surface area (Å²) >= 11 is 0. The van der Waals surface area contributed by atoms with Gasteiger partial charge in [0.05, 0.1) is 18.9 Å². The van der Waals surface area contributed by atoms with Crippen LogP contribution in [0, 0.1) is 0 Å². The number of rotatable bonds is 3. The lowest BCUT2D eigenvalue weighted by Crippen LogP contribution is -2.43. The highest BCUT2D eigenvalue weighted by Gasteiger charge is 2.34. The van der Waals surface area contributed by atoms with Crippen LogP contribution in [0.1, 0.15) is 31.9 Å².